The predicted octanol–water partition coefficient (Wildman–Crippen LogP) is 11.8. The molecule has 4 atom stereocenters. The van der Waals surface area contributed by atoms with Crippen LogP contribution in [0.1, 0.15) is 194 Å². The van der Waals surface area contributed by atoms with Gasteiger partial charge in [0.1, 0.15) is 12.7 Å². The fraction of sp³-hybridized carbons (Fsp3) is 0.792. The van der Waals surface area contributed by atoms with Crippen molar-refractivity contribution in [2.24, 2.45) is 5.92 Å². The molecule has 0 fully saturated rings. The van der Waals surface area contributed by atoms with Crippen LogP contribution in [0.3, 0.4) is 0 Å². The molecule has 0 aromatic heterocycles. The van der Waals surface area contributed by atoms with Crippen LogP contribution in [0.15, 0.2) is 48.6 Å². The number of hydrogen-bond donors (Lipinski definition) is 5. The van der Waals surface area contributed by atoms with Gasteiger partial charge in [0, 0.05) is 12.8 Å². The molecule has 0 heterocycles. The van der Waals surface area contributed by atoms with Gasteiger partial charge in [0.05, 0.1) is 25.9 Å². The van der Waals surface area contributed by atoms with E-state index in [4.69, 9.17) is 23.8 Å². The lowest BCUT2D eigenvalue weighted by Gasteiger charge is -2.20. The first-order valence-corrected chi connectivity index (χ1v) is 27.3. The van der Waals surface area contributed by atoms with Crippen LogP contribution in [0.5, 0.6) is 0 Å². The number of carbonyl (C=O) groups excluding carboxylic acids is 2. The van der Waals surface area contributed by atoms with E-state index in [-0.39, 0.29) is 12.8 Å². The third kappa shape index (κ3) is 46.6. The van der Waals surface area contributed by atoms with Gasteiger partial charge in [-0.2, -0.15) is 0 Å². The molecule has 0 aliphatic heterocycles. The van der Waals surface area contributed by atoms with Gasteiger partial charge in [-0.05, 0) is 50.9 Å². The summed E-state index contributed by atoms with van der Waals surface area (Å²) >= 11 is 0. The Morgan fingerprint density at radius 2 is 1.09 bits per heavy atom. The third-order valence-electron chi connectivity index (χ3n) is 10.2. The summed E-state index contributed by atoms with van der Waals surface area (Å²) in [6.45, 7) is 3.94. The summed E-state index contributed by atoms with van der Waals surface area (Å²) in [4.78, 5) is 52.8. The highest BCUT2D eigenvalue weighted by Crippen LogP contribution is 2.43. The van der Waals surface area contributed by atoms with E-state index in [1.807, 2.05) is 36.5 Å². The second-order valence-corrected chi connectivity index (χ2v) is 19.8. The van der Waals surface area contributed by atoms with E-state index in [1.165, 1.54) is 103 Å². The molecular formula is C48H88O14P2. The van der Waals surface area contributed by atoms with Gasteiger partial charge in [-0.15, -0.1) is 0 Å². The van der Waals surface area contributed by atoms with Crippen molar-refractivity contribution in [2.45, 2.75) is 212 Å². The SMILES string of the molecule is CCCCC/C=C\C[C@H](O)/C=C/C=C\C/C=C\CCCC(=O)O[C@H](COC(=O)CCCCCCCCCCCCCCCCCCC(C)C)COP(=O)(O)OC[C@@H](O)COP(=O)(O)O. The van der Waals surface area contributed by atoms with Crippen molar-refractivity contribution in [1.82, 2.24) is 0 Å². The molecule has 0 spiro atoms. The second kappa shape index (κ2) is 42.4. The van der Waals surface area contributed by atoms with Crippen LogP contribution < -0.4 is 0 Å². The summed E-state index contributed by atoms with van der Waals surface area (Å²) in [7, 11) is -9.72. The summed E-state index contributed by atoms with van der Waals surface area (Å²) < 4.78 is 47.8. The highest BCUT2D eigenvalue weighted by molar-refractivity contribution is 7.47. The third-order valence-corrected chi connectivity index (χ3v) is 11.7. The van der Waals surface area contributed by atoms with Crippen molar-refractivity contribution in [3.63, 3.8) is 0 Å². The van der Waals surface area contributed by atoms with Gasteiger partial charge < -0.3 is 34.4 Å². The normalized spacial score (nSPS) is 14.9. The van der Waals surface area contributed by atoms with Gasteiger partial charge in [0.2, 0.25) is 0 Å². The lowest BCUT2D eigenvalue weighted by Crippen LogP contribution is -2.29. The number of rotatable bonds is 45. The van der Waals surface area contributed by atoms with Gasteiger partial charge in [0.15, 0.2) is 6.10 Å². The molecule has 0 amide bonds. The van der Waals surface area contributed by atoms with E-state index in [2.05, 4.69) is 35.9 Å². The largest absolute Gasteiger partial charge is 0.472 e. The van der Waals surface area contributed by atoms with Gasteiger partial charge >= 0.3 is 27.6 Å². The molecule has 14 nitrogen and oxygen atoms in total. The molecule has 0 aliphatic carbocycles. The zero-order valence-corrected chi connectivity index (χ0v) is 41.4. The van der Waals surface area contributed by atoms with Gasteiger partial charge in [-0.25, -0.2) is 9.13 Å². The number of allylic oxidation sites excluding steroid dienone is 6. The average molecular weight is 951 g/mol. The standard InChI is InChI=1S/C48H88O14P2/c1-4-5-6-7-25-30-35-44(49)36-31-26-21-18-19-23-28-33-38-48(52)62-46(42-61-64(56,57)60-40-45(50)39-59-63(53,54)55)41-58-47(51)37-32-27-22-17-15-13-11-9-8-10-12-14-16-20-24-29-34-43(2)3/h19,21,23,25-26,30-31,36,43-46,49-50H,4-18,20,22,24,27-29,32-35,37-42H2,1-3H3,(H,56,57)(H2,53,54,55)/b23-19-,26-21-,30-25-,36-31+/t44-,45-,46+/m0/s1. The Hall–Kier alpha value is -1.96. The fourth-order valence-corrected chi connectivity index (χ4v) is 7.65. The average Bonchev–Trinajstić information content (AvgIpc) is 3.24. The van der Waals surface area contributed by atoms with E-state index in [9.17, 15) is 33.8 Å². The van der Waals surface area contributed by atoms with Crippen molar-refractivity contribution in [3.8, 4) is 0 Å². The molecule has 374 valence electrons. The van der Waals surface area contributed by atoms with Crippen LogP contribution in [0.2, 0.25) is 0 Å². The molecular weight excluding hydrogens is 862 g/mol. The summed E-state index contributed by atoms with van der Waals surface area (Å²) in [6, 6.07) is 0. The number of unbranched alkanes of at least 4 members (excludes halogenated alkanes) is 19. The Morgan fingerprint density at radius 1 is 0.562 bits per heavy atom. The summed E-state index contributed by atoms with van der Waals surface area (Å²) in [6.07, 6.45) is 39.9. The molecule has 0 aromatic carbocycles. The van der Waals surface area contributed by atoms with Gasteiger partial charge in [-0.1, -0.05) is 185 Å². The van der Waals surface area contributed by atoms with Crippen LogP contribution in [-0.4, -0.2) is 81.6 Å². The Morgan fingerprint density at radius 3 is 1.69 bits per heavy atom. The quantitative estimate of drug-likeness (QED) is 0.0126. The van der Waals surface area contributed by atoms with Crippen molar-refractivity contribution in [1.29, 1.82) is 0 Å². The monoisotopic (exact) mass is 951 g/mol. The maximum absolute atomic E-state index is 12.7. The van der Waals surface area contributed by atoms with Crippen molar-refractivity contribution < 1.29 is 66.7 Å². The van der Waals surface area contributed by atoms with Gasteiger partial charge in [0.25, 0.3) is 0 Å². The molecule has 0 radical (unpaired) electrons. The van der Waals surface area contributed by atoms with Crippen LogP contribution in [-0.2, 0) is 41.8 Å². The van der Waals surface area contributed by atoms with Crippen molar-refractivity contribution in [2.75, 3.05) is 26.4 Å². The van der Waals surface area contributed by atoms with Crippen molar-refractivity contribution in [3.05, 3.63) is 48.6 Å². The minimum Gasteiger partial charge on any atom is -0.462 e. The number of esters is 2. The lowest BCUT2D eigenvalue weighted by molar-refractivity contribution is -0.161. The van der Waals surface area contributed by atoms with Crippen molar-refractivity contribution >= 4 is 27.6 Å². The molecule has 0 saturated carbocycles. The Labute approximate surface area is 386 Å². The van der Waals surface area contributed by atoms with E-state index in [1.54, 1.807) is 6.08 Å². The highest BCUT2D eigenvalue weighted by atomic mass is 31.2. The van der Waals surface area contributed by atoms with E-state index < -0.39 is 72.3 Å². The first-order chi connectivity index (χ1) is 30.6. The zero-order valence-electron chi connectivity index (χ0n) is 39.7. The molecule has 1 unspecified atom stereocenters. The first kappa shape index (κ1) is 62.0. The number of aliphatic hydroxyl groups is 2. The van der Waals surface area contributed by atoms with E-state index >= 15 is 0 Å². The number of phosphoric acid groups is 2. The zero-order chi connectivity index (χ0) is 47.6. The maximum atomic E-state index is 12.7. The molecule has 16 heteroatoms. The van der Waals surface area contributed by atoms with Crippen LogP contribution >= 0.6 is 15.6 Å². The smallest absolute Gasteiger partial charge is 0.462 e. The first-order valence-electron chi connectivity index (χ1n) is 24.3. The maximum Gasteiger partial charge on any atom is 0.472 e. The molecule has 5 N–H and O–H groups in total. The molecule has 64 heavy (non-hydrogen) atoms. The molecule has 0 aliphatic rings. The Bertz CT molecular complexity index is 1350. The number of hydrogen-bond acceptors (Lipinski definition) is 11. The lowest BCUT2D eigenvalue weighted by atomic mass is 10.0. The predicted molar refractivity (Wildman–Crippen MR) is 254 cm³/mol. The Kier molecular flexibility index (Phi) is 41.1. The topological polar surface area (TPSA) is 216 Å². The van der Waals surface area contributed by atoms with E-state index in [0.29, 0.717) is 32.1 Å². The Balaban J connectivity index is 4.57. The summed E-state index contributed by atoms with van der Waals surface area (Å²) in [5.41, 5.74) is 0. The van der Waals surface area contributed by atoms with E-state index in [0.717, 1.165) is 31.6 Å². The molecule has 0 bridgehead atoms. The van der Waals surface area contributed by atoms with Crippen LogP contribution in [0.25, 0.3) is 0 Å². The summed E-state index contributed by atoms with van der Waals surface area (Å²) in [5.74, 6) is -0.312. The van der Waals surface area contributed by atoms with Gasteiger partial charge in [-0.3, -0.25) is 23.2 Å². The highest BCUT2D eigenvalue weighted by Gasteiger charge is 2.28. The number of carbonyl (C=O) groups is 2. The van der Waals surface area contributed by atoms with Crippen LogP contribution in [0.4, 0.5) is 0 Å². The molecule has 0 aromatic rings. The minimum atomic E-state index is -4.88. The van der Waals surface area contributed by atoms with Crippen LogP contribution in [0, 0.1) is 5.92 Å². The fourth-order valence-electron chi connectivity index (χ4n) is 6.49. The number of phosphoric ester groups is 2. The second-order valence-electron chi connectivity index (χ2n) is 17.1. The molecule has 0 saturated heterocycles. The number of ether oxygens (including phenoxy) is 2. The minimum absolute atomic E-state index is 0.0240. The molecule has 0 rings (SSSR count). The number of aliphatic hydroxyl groups excluding tert-OH is 2. The summed E-state index contributed by atoms with van der Waals surface area (Å²) in [5, 5.41) is 19.8.